The van der Waals surface area contributed by atoms with Gasteiger partial charge in [-0.2, -0.15) is 0 Å². The molecule has 33 heavy (non-hydrogen) atoms. The van der Waals surface area contributed by atoms with Crippen molar-refractivity contribution < 1.29 is 9.18 Å². The topological polar surface area (TPSA) is 46.9 Å². The normalized spacial score (nSPS) is 18.4. The number of amides is 1. The van der Waals surface area contributed by atoms with Crippen molar-refractivity contribution in [1.82, 2.24) is 9.55 Å². The summed E-state index contributed by atoms with van der Waals surface area (Å²) in [6.45, 7) is 2.02. The molecule has 2 unspecified atom stereocenters. The summed E-state index contributed by atoms with van der Waals surface area (Å²) < 4.78 is 16.0. The number of nitrogens with one attached hydrogen (secondary N) is 1. The predicted octanol–water partition coefficient (Wildman–Crippen LogP) is 6.60. The molecule has 1 saturated carbocycles. The second kappa shape index (κ2) is 8.81. The van der Waals surface area contributed by atoms with Crippen molar-refractivity contribution in [1.29, 1.82) is 0 Å². The first kappa shape index (κ1) is 21.4. The van der Waals surface area contributed by atoms with E-state index < -0.39 is 5.82 Å². The van der Waals surface area contributed by atoms with Crippen LogP contribution in [0.1, 0.15) is 43.0 Å². The molecule has 4 nitrogen and oxygen atoms in total. The van der Waals surface area contributed by atoms with Crippen molar-refractivity contribution in [3.8, 4) is 11.1 Å². The maximum absolute atomic E-state index is 13.9. The Morgan fingerprint density at radius 2 is 1.79 bits per heavy atom. The third-order valence-corrected chi connectivity index (χ3v) is 7.00. The average molecular weight is 442 g/mol. The Morgan fingerprint density at radius 1 is 1.03 bits per heavy atom. The zero-order valence-electron chi connectivity index (χ0n) is 19.0. The van der Waals surface area contributed by atoms with Crippen molar-refractivity contribution >= 4 is 22.6 Å². The Bertz CT molecular complexity index is 1310. The number of anilines is 1. The Hall–Kier alpha value is -3.47. The van der Waals surface area contributed by atoms with Crippen LogP contribution < -0.4 is 5.32 Å². The lowest BCUT2D eigenvalue weighted by molar-refractivity contribution is -0.120. The number of carbonyl (C=O) groups excluding carboxylic acids is 1. The molecule has 0 spiro atoms. The molecule has 1 aliphatic carbocycles. The Morgan fingerprint density at radius 3 is 2.58 bits per heavy atom. The van der Waals surface area contributed by atoms with Gasteiger partial charge in [0.1, 0.15) is 11.6 Å². The van der Waals surface area contributed by atoms with E-state index in [2.05, 4.69) is 57.3 Å². The molecule has 0 radical (unpaired) electrons. The number of hydrogen-bond acceptors (Lipinski definition) is 2. The van der Waals surface area contributed by atoms with Crippen LogP contribution in [0, 0.1) is 18.7 Å². The second-order valence-corrected chi connectivity index (χ2v) is 9.07. The van der Waals surface area contributed by atoms with E-state index in [1.807, 2.05) is 14.0 Å². The molecule has 2 atom stereocenters. The largest absolute Gasteiger partial charge is 0.331 e. The molecule has 5 rings (SSSR count). The van der Waals surface area contributed by atoms with Crippen molar-refractivity contribution in [3.63, 3.8) is 0 Å². The van der Waals surface area contributed by atoms with Gasteiger partial charge in [-0.3, -0.25) is 4.79 Å². The molecule has 1 aliphatic rings. The molecule has 5 heteroatoms. The summed E-state index contributed by atoms with van der Waals surface area (Å²) in [6, 6.07) is 21.4. The van der Waals surface area contributed by atoms with Crippen LogP contribution in [0.5, 0.6) is 0 Å². The van der Waals surface area contributed by atoms with Crippen molar-refractivity contribution in [2.75, 3.05) is 5.32 Å². The highest BCUT2D eigenvalue weighted by molar-refractivity contribution is 5.92. The van der Waals surface area contributed by atoms with Gasteiger partial charge >= 0.3 is 0 Å². The molecule has 1 heterocycles. The van der Waals surface area contributed by atoms with Crippen LogP contribution in [-0.2, 0) is 11.8 Å². The van der Waals surface area contributed by atoms with E-state index in [1.165, 1.54) is 11.6 Å². The molecule has 1 amide bonds. The second-order valence-electron chi connectivity index (χ2n) is 9.07. The standard InChI is InChI=1S/C28H28FN3O/c1-18-30-26-17-22(14-15-27(26)32(18)2)20-12-10-19(11-13-20)21-6-5-7-23(16-21)28(33)31-25-9-4-3-8-24(25)29/h3-4,8-15,17,21,23H,5-7,16H2,1-2H3,(H,31,33). The van der Waals surface area contributed by atoms with Gasteiger partial charge in [0.15, 0.2) is 0 Å². The fourth-order valence-electron chi connectivity index (χ4n) is 4.98. The Labute approximate surface area is 193 Å². The van der Waals surface area contributed by atoms with Gasteiger partial charge in [-0.25, -0.2) is 9.37 Å². The van der Waals surface area contributed by atoms with Crippen LogP contribution in [0.15, 0.2) is 66.7 Å². The molecule has 1 N–H and O–H groups in total. The quantitative estimate of drug-likeness (QED) is 0.388. The van der Waals surface area contributed by atoms with Crippen molar-refractivity contribution in [2.45, 2.75) is 38.5 Å². The van der Waals surface area contributed by atoms with E-state index in [4.69, 9.17) is 0 Å². The minimum absolute atomic E-state index is 0.0830. The van der Waals surface area contributed by atoms with Crippen LogP contribution in [-0.4, -0.2) is 15.5 Å². The number of para-hydroxylation sites is 1. The molecule has 3 aromatic carbocycles. The average Bonchev–Trinajstić information content (AvgIpc) is 3.13. The molecule has 4 aromatic rings. The number of fused-ring (bicyclic) bond motifs is 1. The molecule has 168 valence electrons. The first-order valence-electron chi connectivity index (χ1n) is 11.6. The van der Waals surface area contributed by atoms with E-state index >= 15 is 0 Å². The lowest BCUT2D eigenvalue weighted by atomic mass is 9.77. The fraction of sp³-hybridized carbons (Fsp3) is 0.286. The van der Waals surface area contributed by atoms with Crippen LogP contribution >= 0.6 is 0 Å². The highest BCUT2D eigenvalue weighted by Crippen LogP contribution is 2.37. The first-order chi connectivity index (χ1) is 16.0. The van der Waals surface area contributed by atoms with Crippen LogP contribution in [0.4, 0.5) is 10.1 Å². The summed E-state index contributed by atoms with van der Waals surface area (Å²) >= 11 is 0. The highest BCUT2D eigenvalue weighted by Gasteiger charge is 2.28. The number of nitrogens with zero attached hydrogens (tertiary/aromatic N) is 2. The van der Waals surface area contributed by atoms with Gasteiger partial charge < -0.3 is 9.88 Å². The van der Waals surface area contributed by atoms with Gasteiger partial charge in [-0.1, -0.05) is 48.9 Å². The maximum atomic E-state index is 13.9. The van der Waals surface area contributed by atoms with Gasteiger partial charge in [0.2, 0.25) is 5.91 Å². The summed E-state index contributed by atoms with van der Waals surface area (Å²) in [4.78, 5) is 17.4. The molecule has 0 saturated heterocycles. The summed E-state index contributed by atoms with van der Waals surface area (Å²) in [5, 5.41) is 2.78. The number of imidazole rings is 1. The Balaban J connectivity index is 1.29. The van der Waals surface area contributed by atoms with E-state index in [9.17, 15) is 9.18 Å². The Kier molecular flexibility index (Phi) is 5.71. The molecule has 0 aliphatic heterocycles. The van der Waals surface area contributed by atoms with Gasteiger partial charge in [0, 0.05) is 13.0 Å². The molecule has 0 bridgehead atoms. The zero-order valence-corrected chi connectivity index (χ0v) is 19.0. The minimum Gasteiger partial charge on any atom is -0.331 e. The van der Waals surface area contributed by atoms with Crippen molar-refractivity contribution in [3.05, 3.63) is 83.9 Å². The van der Waals surface area contributed by atoms with E-state index in [0.717, 1.165) is 53.7 Å². The van der Waals surface area contributed by atoms with E-state index in [1.54, 1.807) is 18.2 Å². The van der Waals surface area contributed by atoms with Gasteiger partial charge in [0.25, 0.3) is 0 Å². The third-order valence-electron chi connectivity index (χ3n) is 7.00. The monoisotopic (exact) mass is 441 g/mol. The number of hydrogen-bond donors (Lipinski definition) is 1. The first-order valence-corrected chi connectivity index (χ1v) is 11.6. The molecular weight excluding hydrogens is 413 g/mol. The number of carbonyl (C=O) groups is 1. The minimum atomic E-state index is -0.396. The summed E-state index contributed by atoms with van der Waals surface area (Å²) in [5.74, 6) is 0.763. The third kappa shape index (κ3) is 4.28. The smallest absolute Gasteiger partial charge is 0.227 e. The maximum Gasteiger partial charge on any atom is 0.227 e. The number of halogens is 1. The van der Waals surface area contributed by atoms with Crippen LogP contribution in [0.3, 0.4) is 0 Å². The van der Waals surface area contributed by atoms with Crippen molar-refractivity contribution in [2.24, 2.45) is 13.0 Å². The predicted molar refractivity (Wildman–Crippen MR) is 131 cm³/mol. The zero-order chi connectivity index (χ0) is 22.9. The summed E-state index contributed by atoms with van der Waals surface area (Å²) in [7, 11) is 2.03. The SMILES string of the molecule is Cc1nc2cc(-c3ccc(C4CCCC(C(=O)Nc5ccccc5F)C4)cc3)ccc2n1C. The van der Waals surface area contributed by atoms with Crippen LogP contribution in [0.25, 0.3) is 22.2 Å². The van der Waals surface area contributed by atoms with E-state index in [-0.39, 0.29) is 17.5 Å². The van der Waals surface area contributed by atoms with Gasteiger partial charge in [-0.15, -0.1) is 0 Å². The molecule has 1 fully saturated rings. The summed E-state index contributed by atoms with van der Waals surface area (Å²) in [5.41, 5.74) is 5.97. The number of benzene rings is 3. The highest BCUT2D eigenvalue weighted by atomic mass is 19.1. The number of aryl methyl sites for hydroxylation is 2. The number of rotatable bonds is 4. The molecular formula is C28H28FN3O. The van der Waals surface area contributed by atoms with Gasteiger partial charge in [-0.05, 0) is 73.1 Å². The lowest BCUT2D eigenvalue weighted by Gasteiger charge is -2.29. The lowest BCUT2D eigenvalue weighted by Crippen LogP contribution is -2.27. The summed E-state index contributed by atoms with van der Waals surface area (Å²) in [6.07, 6.45) is 3.71. The van der Waals surface area contributed by atoms with E-state index in [0.29, 0.717) is 5.92 Å². The van der Waals surface area contributed by atoms with Gasteiger partial charge in [0.05, 0.1) is 16.7 Å². The fourth-order valence-corrected chi connectivity index (χ4v) is 4.98. The number of aromatic nitrogens is 2. The van der Waals surface area contributed by atoms with Crippen LogP contribution in [0.2, 0.25) is 0 Å². The molecule has 1 aromatic heterocycles.